The highest BCUT2D eigenvalue weighted by atomic mass is 19.3. The smallest absolute Gasteiger partial charge is 0.387 e. The summed E-state index contributed by atoms with van der Waals surface area (Å²) in [5.41, 5.74) is 1.20. The fraction of sp³-hybridized carbons (Fsp3) is 0.200. The first-order chi connectivity index (χ1) is 9.95. The molecule has 0 radical (unpaired) electrons. The van der Waals surface area contributed by atoms with E-state index in [4.69, 9.17) is 0 Å². The van der Waals surface area contributed by atoms with E-state index in [9.17, 15) is 19.0 Å². The predicted molar refractivity (Wildman–Crippen MR) is 74.9 cm³/mol. The van der Waals surface area contributed by atoms with Crippen molar-refractivity contribution in [1.29, 1.82) is 0 Å². The SMILES string of the molecule is CC(Nc1ccc(OC(F)F)cc1)c1cc(O)ccc1O. The maximum absolute atomic E-state index is 12.0. The van der Waals surface area contributed by atoms with Gasteiger partial charge in [0.1, 0.15) is 17.2 Å². The van der Waals surface area contributed by atoms with Crippen LogP contribution in [0, 0.1) is 0 Å². The molecule has 0 spiro atoms. The van der Waals surface area contributed by atoms with E-state index in [1.54, 1.807) is 19.1 Å². The van der Waals surface area contributed by atoms with Gasteiger partial charge in [-0.15, -0.1) is 0 Å². The maximum Gasteiger partial charge on any atom is 0.387 e. The minimum absolute atomic E-state index is 0.0529. The van der Waals surface area contributed by atoms with Gasteiger partial charge in [-0.3, -0.25) is 0 Å². The monoisotopic (exact) mass is 295 g/mol. The number of halogens is 2. The first-order valence-electron chi connectivity index (χ1n) is 6.29. The Morgan fingerprint density at radius 2 is 1.71 bits per heavy atom. The second-order valence-corrected chi connectivity index (χ2v) is 4.51. The van der Waals surface area contributed by atoms with Crippen molar-refractivity contribution < 1.29 is 23.7 Å². The highest BCUT2D eigenvalue weighted by Crippen LogP contribution is 2.30. The van der Waals surface area contributed by atoms with E-state index >= 15 is 0 Å². The van der Waals surface area contributed by atoms with Gasteiger partial charge in [0, 0.05) is 11.3 Å². The average molecular weight is 295 g/mol. The Morgan fingerprint density at radius 1 is 1.05 bits per heavy atom. The van der Waals surface area contributed by atoms with Crippen LogP contribution in [0.2, 0.25) is 0 Å². The summed E-state index contributed by atoms with van der Waals surface area (Å²) in [6, 6.07) is 10.00. The summed E-state index contributed by atoms with van der Waals surface area (Å²) in [4.78, 5) is 0. The molecule has 21 heavy (non-hydrogen) atoms. The van der Waals surface area contributed by atoms with Gasteiger partial charge < -0.3 is 20.3 Å². The van der Waals surface area contributed by atoms with Crippen LogP contribution in [0.1, 0.15) is 18.5 Å². The average Bonchev–Trinajstić information content (AvgIpc) is 2.43. The molecule has 0 saturated carbocycles. The summed E-state index contributed by atoms with van der Waals surface area (Å²) < 4.78 is 28.4. The molecule has 4 nitrogen and oxygen atoms in total. The van der Waals surface area contributed by atoms with Crippen molar-refractivity contribution in [1.82, 2.24) is 0 Å². The van der Waals surface area contributed by atoms with Gasteiger partial charge in [-0.2, -0.15) is 8.78 Å². The normalized spacial score (nSPS) is 12.2. The molecule has 0 aromatic heterocycles. The van der Waals surface area contributed by atoms with Gasteiger partial charge in [0.2, 0.25) is 0 Å². The molecule has 1 unspecified atom stereocenters. The second kappa shape index (κ2) is 6.30. The molecule has 0 saturated heterocycles. The minimum atomic E-state index is -2.85. The Hall–Kier alpha value is -2.50. The number of rotatable bonds is 5. The number of hydrogen-bond acceptors (Lipinski definition) is 4. The second-order valence-electron chi connectivity index (χ2n) is 4.51. The lowest BCUT2D eigenvalue weighted by molar-refractivity contribution is -0.0498. The predicted octanol–water partition coefficient (Wildman–Crippen LogP) is 3.87. The summed E-state index contributed by atoms with van der Waals surface area (Å²) in [5.74, 6) is 0.186. The summed E-state index contributed by atoms with van der Waals surface area (Å²) in [5, 5.41) is 22.3. The number of anilines is 1. The number of nitrogens with one attached hydrogen (secondary N) is 1. The summed E-state index contributed by atoms with van der Waals surface area (Å²) >= 11 is 0. The first-order valence-corrected chi connectivity index (χ1v) is 6.29. The Labute approximate surface area is 120 Å². The van der Waals surface area contributed by atoms with Gasteiger partial charge in [-0.1, -0.05) is 0 Å². The molecular formula is C15H15F2NO3. The number of phenolic OH excluding ortho intramolecular Hbond substituents is 2. The third kappa shape index (κ3) is 3.98. The molecule has 0 aliphatic rings. The lowest BCUT2D eigenvalue weighted by atomic mass is 10.1. The molecule has 6 heteroatoms. The molecule has 0 bridgehead atoms. The van der Waals surface area contributed by atoms with E-state index in [2.05, 4.69) is 10.1 Å². The zero-order valence-corrected chi connectivity index (χ0v) is 11.3. The van der Waals surface area contributed by atoms with Gasteiger partial charge in [-0.25, -0.2) is 0 Å². The van der Waals surface area contributed by atoms with Crippen LogP contribution in [0.4, 0.5) is 14.5 Å². The van der Waals surface area contributed by atoms with Crippen molar-refractivity contribution in [2.45, 2.75) is 19.6 Å². The van der Waals surface area contributed by atoms with Gasteiger partial charge in [-0.05, 0) is 49.4 Å². The van der Waals surface area contributed by atoms with E-state index in [1.165, 1.54) is 30.3 Å². The van der Waals surface area contributed by atoms with Gasteiger partial charge in [0.15, 0.2) is 0 Å². The van der Waals surface area contributed by atoms with Crippen molar-refractivity contribution in [3.8, 4) is 17.2 Å². The zero-order chi connectivity index (χ0) is 15.4. The van der Waals surface area contributed by atoms with Crippen molar-refractivity contribution in [2.24, 2.45) is 0 Å². The van der Waals surface area contributed by atoms with Crippen molar-refractivity contribution in [3.05, 3.63) is 48.0 Å². The molecule has 0 amide bonds. The number of hydrogen-bond donors (Lipinski definition) is 3. The highest BCUT2D eigenvalue weighted by molar-refractivity contribution is 5.50. The topological polar surface area (TPSA) is 61.7 Å². The fourth-order valence-corrected chi connectivity index (χ4v) is 1.95. The van der Waals surface area contributed by atoms with Crippen molar-refractivity contribution in [3.63, 3.8) is 0 Å². The molecule has 112 valence electrons. The maximum atomic E-state index is 12.0. The largest absolute Gasteiger partial charge is 0.508 e. The number of phenols is 2. The highest BCUT2D eigenvalue weighted by Gasteiger charge is 2.11. The summed E-state index contributed by atoms with van der Waals surface area (Å²) in [6.07, 6.45) is 0. The molecule has 0 heterocycles. The Balaban J connectivity index is 2.08. The van der Waals surface area contributed by atoms with Crippen LogP contribution in [0.15, 0.2) is 42.5 Å². The molecule has 0 aliphatic carbocycles. The molecule has 0 aliphatic heterocycles. The van der Waals surface area contributed by atoms with Crippen LogP contribution >= 0.6 is 0 Å². The van der Waals surface area contributed by atoms with Gasteiger partial charge in [0.05, 0.1) is 6.04 Å². The van der Waals surface area contributed by atoms with Crippen LogP contribution in [-0.2, 0) is 0 Å². The van der Waals surface area contributed by atoms with Crippen LogP contribution in [0.5, 0.6) is 17.2 Å². The van der Waals surface area contributed by atoms with E-state index in [0.29, 0.717) is 11.3 Å². The lowest BCUT2D eigenvalue weighted by Crippen LogP contribution is -2.07. The summed E-state index contributed by atoms with van der Waals surface area (Å²) in [6.45, 7) is -1.05. The molecule has 2 aromatic carbocycles. The number of aromatic hydroxyl groups is 2. The number of alkyl halides is 2. The van der Waals surface area contributed by atoms with E-state index < -0.39 is 6.61 Å². The molecule has 2 rings (SSSR count). The number of benzene rings is 2. The minimum Gasteiger partial charge on any atom is -0.508 e. The van der Waals surface area contributed by atoms with E-state index in [0.717, 1.165) is 0 Å². The van der Waals surface area contributed by atoms with Gasteiger partial charge in [0.25, 0.3) is 0 Å². The Morgan fingerprint density at radius 3 is 2.33 bits per heavy atom. The first kappa shape index (κ1) is 14.9. The van der Waals surface area contributed by atoms with Crippen molar-refractivity contribution in [2.75, 3.05) is 5.32 Å². The van der Waals surface area contributed by atoms with Crippen LogP contribution in [0.3, 0.4) is 0 Å². The lowest BCUT2D eigenvalue weighted by Gasteiger charge is -2.17. The third-order valence-corrected chi connectivity index (χ3v) is 2.94. The van der Waals surface area contributed by atoms with Gasteiger partial charge >= 0.3 is 6.61 Å². The zero-order valence-electron chi connectivity index (χ0n) is 11.3. The molecule has 1 atom stereocenters. The molecule has 0 fully saturated rings. The third-order valence-electron chi connectivity index (χ3n) is 2.94. The van der Waals surface area contributed by atoms with Crippen LogP contribution in [0.25, 0.3) is 0 Å². The van der Waals surface area contributed by atoms with Crippen LogP contribution < -0.4 is 10.1 Å². The van der Waals surface area contributed by atoms with E-state index in [-0.39, 0.29) is 23.3 Å². The van der Waals surface area contributed by atoms with Crippen molar-refractivity contribution >= 4 is 5.69 Å². The fourth-order valence-electron chi connectivity index (χ4n) is 1.95. The molecular weight excluding hydrogens is 280 g/mol. The quantitative estimate of drug-likeness (QED) is 0.733. The standard InChI is InChI=1S/C15H15F2NO3/c1-9(13-8-11(19)4-7-14(13)20)18-10-2-5-12(6-3-10)21-15(16)17/h2-9,15,18-20H,1H3. The number of ether oxygens (including phenoxy) is 1. The van der Waals surface area contributed by atoms with E-state index in [1.807, 2.05) is 0 Å². The Bertz CT molecular complexity index is 602. The summed E-state index contributed by atoms with van der Waals surface area (Å²) in [7, 11) is 0. The van der Waals surface area contributed by atoms with Crippen LogP contribution in [-0.4, -0.2) is 16.8 Å². The molecule has 2 aromatic rings. The molecule has 3 N–H and O–H groups in total. The Kier molecular flexibility index (Phi) is 4.47.